The Labute approximate surface area is 238 Å². The zero-order chi connectivity index (χ0) is 27.9. The Morgan fingerprint density at radius 1 is 1.10 bits per heavy atom. The van der Waals surface area contributed by atoms with Crippen molar-refractivity contribution in [2.75, 3.05) is 29.5 Å². The van der Waals surface area contributed by atoms with Gasteiger partial charge in [-0.05, 0) is 43.9 Å². The fraction of sp³-hybridized carbons (Fsp3) is 0.448. The van der Waals surface area contributed by atoms with Crippen LogP contribution in [0.15, 0.2) is 47.1 Å². The molecule has 1 amide bonds. The van der Waals surface area contributed by atoms with E-state index in [2.05, 4.69) is 21.3 Å². The van der Waals surface area contributed by atoms with Crippen molar-refractivity contribution < 1.29 is 17.6 Å². The van der Waals surface area contributed by atoms with E-state index in [1.807, 2.05) is 24.3 Å². The zero-order valence-electron chi connectivity index (χ0n) is 22.0. The number of nitrogens with zero attached hydrogens (tertiary/aromatic N) is 4. The first-order valence-corrected chi connectivity index (χ1v) is 15.9. The second kappa shape index (κ2) is 10.5. The zero-order valence-corrected chi connectivity index (χ0v) is 23.5. The van der Waals surface area contributed by atoms with Crippen LogP contribution in [-0.2, 0) is 14.6 Å². The number of halogens is 1. The predicted molar refractivity (Wildman–Crippen MR) is 151 cm³/mol. The van der Waals surface area contributed by atoms with Gasteiger partial charge in [0.1, 0.15) is 17.0 Å². The molecule has 1 aliphatic heterocycles. The largest absolute Gasteiger partial charge is 0.440 e. The molecule has 1 saturated heterocycles. The van der Waals surface area contributed by atoms with Gasteiger partial charge in [-0.1, -0.05) is 36.6 Å². The number of pyridine rings is 1. The third-order valence-electron chi connectivity index (χ3n) is 8.22. The van der Waals surface area contributed by atoms with E-state index in [1.54, 1.807) is 18.5 Å². The second-order valence-corrected chi connectivity index (χ2v) is 13.7. The number of oxazole rings is 1. The van der Waals surface area contributed by atoms with Crippen LogP contribution in [0, 0.1) is 17.2 Å². The number of nitriles is 1. The molecule has 0 unspecified atom stereocenters. The number of benzene rings is 1. The molecule has 2 saturated carbocycles. The smallest absolute Gasteiger partial charge is 0.228 e. The van der Waals surface area contributed by atoms with Crippen LogP contribution in [0.1, 0.15) is 50.2 Å². The number of rotatable bonds is 6. The molecule has 3 aliphatic rings. The normalized spacial score (nSPS) is 23.2. The van der Waals surface area contributed by atoms with E-state index in [9.17, 15) is 18.5 Å². The van der Waals surface area contributed by atoms with Gasteiger partial charge in [0.25, 0.3) is 0 Å². The molecular formula is C29H30ClN5O4S. The quantitative estimate of drug-likeness (QED) is 0.443. The fourth-order valence-corrected chi connectivity index (χ4v) is 7.10. The summed E-state index contributed by atoms with van der Waals surface area (Å²) in [5.41, 5.74) is 2.36. The molecular weight excluding hydrogens is 550 g/mol. The molecule has 2 aliphatic carbocycles. The predicted octanol–water partition coefficient (Wildman–Crippen LogP) is 4.74. The summed E-state index contributed by atoms with van der Waals surface area (Å²) < 4.78 is 30.2. The summed E-state index contributed by atoms with van der Waals surface area (Å²) in [4.78, 5) is 24.6. The van der Waals surface area contributed by atoms with Crippen molar-refractivity contribution in [3.8, 4) is 28.8 Å². The minimum Gasteiger partial charge on any atom is -0.440 e. The lowest BCUT2D eigenvalue weighted by Gasteiger charge is -2.30. The number of aromatic nitrogens is 2. The summed E-state index contributed by atoms with van der Waals surface area (Å²) in [6, 6.07) is 11.9. The van der Waals surface area contributed by atoms with Crippen LogP contribution in [0.5, 0.6) is 0 Å². The van der Waals surface area contributed by atoms with Crippen LogP contribution in [0.4, 0.5) is 5.69 Å². The Bertz CT molecular complexity index is 1560. The van der Waals surface area contributed by atoms with Gasteiger partial charge in [0.2, 0.25) is 11.8 Å². The SMILES string of the molecule is N#CC1(NC(=O)[C@@H]2CCCC[C@H]2c2oc(-c3cncc(Cl)c3)nc2-c2ccc(N3CCS(=O)(=O)CC3)cc2)CC1. The van der Waals surface area contributed by atoms with Gasteiger partial charge in [0, 0.05) is 48.6 Å². The number of amides is 1. The van der Waals surface area contributed by atoms with Crippen molar-refractivity contribution >= 4 is 33.0 Å². The van der Waals surface area contributed by atoms with E-state index in [0.29, 0.717) is 60.3 Å². The first-order chi connectivity index (χ1) is 19.3. The Hall–Kier alpha value is -3.42. The Kier molecular flexibility index (Phi) is 7.05. The van der Waals surface area contributed by atoms with E-state index in [4.69, 9.17) is 21.0 Å². The Balaban J connectivity index is 1.35. The van der Waals surface area contributed by atoms with Crippen molar-refractivity contribution in [3.05, 3.63) is 53.5 Å². The maximum absolute atomic E-state index is 13.4. The standard InChI is InChI=1S/C29H30ClN5O4S/c30-21-15-20(16-32-17-21)28-33-25(19-5-7-22(8-6-19)35-11-13-40(37,38)14-12-35)26(39-28)23-3-1-2-4-24(23)27(36)34-29(18-31)9-10-29/h5-8,15-17,23-24H,1-4,9-14H2,(H,34,36)/t23-,24-/m1/s1. The monoisotopic (exact) mass is 579 g/mol. The van der Waals surface area contributed by atoms with Crippen LogP contribution in [0.3, 0.4) is 0 Å². The lowest BCUT2D eigenvalue weighted by Crippen LogP contribution is -2.42. The third-order valence-corrected chi connectivity index (χ3v) is 10.0. The van der Waals surface area contributed by atoms with Crippen LogP contribution in [0.25, 0.3) is 22.7 Å². The number of sulfone groups is 1. The molecule has 6 rings (SSSR count). The summed E-state index contributed by atoms with van der Waals surface area (Å²) in [5.74, 6) is 0.700. The minimum absolute atomic E-state index is 0.104. The maximum atomic E-state index is 13.4. The number of hydrogen-bond donors (Lipinski definition) is 1. The molecule has 1 N–H and O–H groups in total. The van der Waals surface area contributed by atoms with Gasteiger partial charge in [-0.15, -0.1) is 0 Å². The second-order valence-electron chi connectivity index (χ2n) is 11.0. The Morgan fingerprint density at radius 2 is 1.82 bits per heavy atom. The van der Waals surface area contributed by atoms with E-state index in [0.717, 1.165) is 30.5 Å². The maximum Gasteiger partial charge on any atom is 0.228 e. The van der Waals surface area contributed by atoms with Crippen LogP contribution >= 0.6 is 11.6 Å². The fourth-order valence-electron chi connectivity index (χ4n) is 5.72. The molecule has 2 atom stereocenters. The average molecular weight is 580 g/mol. The molecule has 9 nitrogen and oxygen atoms in total. The van der Waals surface area contributed by atoms with E-state index in [1.165, 1.54) is 0 Å². The highest BCUT2D eigenvalue weighted by atomic mass is 35.5. The van der Waals surface area contributed by atoms with Gasteiger partial charge in [-0.3, -0.25) is 9.78 Å². The van der Waals surface area contributed by atoms with Crippen molar-refractivity contribution in [3.63, 3.8) is 0 Å². The molecule has 0 spiro atoms. The molecule has 3 fully saturated rings. The summed E-state index contributed by atoms with van der Waals surface area (Å²) in [6.45, 7) is 0.928. The number of nitrogens with one attached hydrogen (secondary N) is 1. The molecule has 208 valence electrons. The molecule has 2 aromatic heterocycles. The summed E-state index contributed by atoms with van der Waals surface area (Å²) in [5, 5.41) is 13.0. The molecule has 0 bridgehead atoms. The molecule has 40 heavy (non-hydrogen) atoms. The number of carbonyl (C=O) groups excluding carboxylic acids is 1. The van der Waals surface area contributed by atoms with Gasteiger partial charge in [-0.25, -0.2) is 13.4 Å². The van der Waals surface area contributed by atoms with Crippen LogP contribution in [-0.4, -0.2) is 54.4 Å². The molecule has 3 aromatic rings. The summed E-state index contributed by atoms with van der Waals surface area (Å²) in [6.07, 6.45) is 7.93. The van der Waals surface area contributed by atoms with Crippen molar-refractivity contribution in [1.82, 2.24) is 15.3 Å². The lowest BCUT2D eigenvalue weighted by molar-refractivity contribution is -0.127. The number of anilines is 1. The van der Waals surface area contributed by atoms with Gasteiger partial charge in [0.15, 0.2) is 9.84 Å². The van der Waals surface area contributed by atoms with Gasteiger partial charge in [0.05, 0.1) is 28.2 Å². The van der Waals surface area contributed by atoms with Gasteiger partial charge < -0.3 is 14.6 Å². The molecule has 0 radical (unpaired) electrons. The van der Waals surface area contributed by atoms with E-state index < -0.39 is 15.4 Å². The topological polar surface area (TPSA) is 129 Å². The summed E-state index contributed by atoms with van der Waals surface area (Å²) >= 11 is 6.21. The summed E-state index contributed by atoms with van der Waals surface area (Å²) in [7, 11) is -2.97. The Morgan fingerprint density at radius 3 is 2.50 bits per heavy atom. The van der Waals surface area contributed by atoms with Crippen LogP contribution in [0.2, 0.25) is 5.02 Å². The highest BCUT2D eigenvalue weighted by molar-refractivity contribution is 7.91. The number of hydrogen-bond acceptors (Lipinski definition) is 8. The van der Waals surface area contributed by atoms with Crippen molar-refractivity contribution in [2.45, 2.75) is 50.0 Å². The van der Waals surface area contributed by atoms with Crippen LogP contribution < -0.4 is 10.2 Å². The number of carbonyl (C=O) groups is 1. The van der Waals surface area contributed by atoms with E-state index >= 15 is 0 Å². The molecule has 11 heteroatoms. The van der Waals surface area contributed by atoms with Gasteiger partial charge >= 0.3 is 0 Å². The molecule has 1 aromatic carbocycles. The van der Waals surface area contributed by atoms with Crippen molar-refractivity contribution in [1.29, 1.82) is 5.26 Å². The average Bonchev–Trinajstić information content (AvgIpc) is 3.59. The third kappa shape index (κ3) is 5.45. The van der Waals surface area contributed by atoms with Gasteiger partial charge in [-0.2, -0.15) is 5.26 Å². The first kappa shape index (κ1) is 26.8. The lowest BCUT2D eigenvalue weighted by atomic mass is 9.76. The highest BCUT2D eigenvalue weighted by Gasteiger charge is 2.47. The first-order valence-electron chi connectivity index (χ1n) is 13.7. The molecule has 3 heterocycles. The van der Waals surface area contributed by atoms with Crippen molar-refractivity contribution in [2.24, 2.45) is 5.92 Å². The highest BCUT2D eigenvalue weighted by Crippen LogP contribution is 2.45. The minimum atomic E-state index is -2.97. The van der Waals surface area contributed by atoms with E-state index in [-0.39, 0.29) is 29.2 Å².